The average molecular weight is 345 g/mol. The molecule has 0 atom stereocenters. The molecule has 0 spiro atoms. The normalized spacial score (nSPS) is 21.1. The van der Waals surface area contributed by atoms with Crippen LogP contribution in [0, 0.1) is 11.8 Å². The zero-order chi connectivity index (χ0) is 16.2. The Labute approximate surface area is 149 Å². The van der Waals surface area contributed by atoms with Crippen LogP contribution in [0.5, 0.6) is 0 Å². The number of benzene rings is 2. The first-order valence-corrected chi connectivity index (χ1v) is 9.08. The van der Waals surface area contributed by atoms with E-state index >= 15 is 0 Å². The minimum atomic E-state index is 0.672. The van der Waals surface area contributed by atoms with Crippen LogP contribution < -0.4 is 0 Å². The van der Waals surface area contributed by atoms with Gasteiger partial charge in [0, 0.05) is 15.6 Å². The van der Waals surface area contributed by atoms with Crippen LogP contribution in [0.1, 0.15) is 31.2 Å². The van der Waals surface area contributed by atoms with E-state index in [1.165, 1.54) is 37.7 Å². The first-order chi connectivity index (χ1) is 11.2. The minimum absolute atomic E-state index is 0.672. The summed E-state index contributed by atoms with van der Waals surface area (Å²) in [5, 5.41) is 1.37. The summed E-state index contributed by atoms with van der Waals surface area (Å²) in [6.07, 6.45) is 8.54. The molecular formula is C21H22Cl2. The highest BCUT2D eigenvalue weighted by molar-refractivity contribution is 6.36. The second-order valence-corrected chi connectivity index (χ2v) is 7.39. The van der Waals surface area contributed by atoms with Gasteiger partial charge in [0.1, 0.15) is 0 Å². The van der Waals surface area contributed by atoms with E-state index in [0.717, 1.165) is 23.0 Å². The monoisotopic (exact) mass is 344 g/mol. The third kappa shape index (κ3) is 4.19. The summed E-state index contributed by atoms with van der Waals surface area (Å²) < 4.78 is 0. The quantitative estimate of drug-likeness (QED) is 0.514. The summed E-state index contributed by atoms with van der Waals surface area (Å²) >= 11 is 12.3. The van der Waals surface area contributed by atoms with Crippen molar-refractivity contribution in [3.05, 3.63) is 70.7 Å². The number of allylic oxidation sites excluding steroid dienone is 1. The Hall–Kier alpha value is -1.24. The van der Waals surface area contributed by atoms with Crippen molar-refractivity contribution in [3.8, 4) is 11.1 Å². The van der Waals surface area contributed by atoms with Gasteiger partial charge in [0.25, 0.3) is 0 Å². The maximum Gasteiger partial charge on any atom is 0.0499 e. The average Bonchev–Trinajstić information content (AvgIpc) is 2.57. The van der Waals surface area contributed by atoms with E-state index in [4.69, 9.17) is 23.2 Å². The first kappa shape index (κ1) is 16.6. The molecule has 1 fully saturated rings. The van der Waals surface area contributed by atoms with E-state index in [0.29, 0.717) is 10.0 Å². The molecule has 1 aliphatic carbocycles. The van der Waals surface area contributed by atoms with E-state index in [1.807, 2.05) is 12.1 Å². The molecule has 0 N–H and O–H groups in total. The van der Waals surface area contributed by atoms with Crippen molar-refractivity contribution in [3.63, 3.8) is 0 Å². The Kier molecular flexibility index (Phi) is 5.46. The molecule has 2 aromatic rings. The molecule has 0 heterocycles. The van der Waals surface area contributed by atoms with Crippen LogP contribution in [0.3, 0.4) is 0 Å². The third-order valence-electron chi connectivity index (χ3n) is 4.95. The van der Waals surface area contributed by atoms with Crippen LogP contribution >= 0.6 is 23.2 Å². The Morgan fingerprint density at radius 1 is 0.957 bits per heavy atom. The van der Waals surface area contributed by atoms with Crippen molar-refractivity contribution in [2.24, 2.45) is 11.8 Å². The van der Waals surface area contributed by atoms with Gasteiger partial charge < -0.3 is 0 Å². The molecular weight excluding hydrogens is 323 g/mol. The Morgan fingerprint density at radius 2 is 1.65 bits per heavy atom. The summed E-state index contributed by atoms with van der Waals surface area (Å²) in [4.78, 5) is 0. The summed E-state index contributed by atoms with van der Waals surface area (Å²) in [6.45, 7) is 3.93. The fraction of sp³-hybridized carbons (Fsp3) is 0.333. The maximum absolute atomic E-state index is 6.29. The molecule has 120 valence electrons. The van der Waals surface area contributed by atoms with Crippen LogP contribution in [0.25, 0.3) is 11.1 Å². The van der Waals surface area contributed by atoms with Crippen LogP contribution in [0.15, 0.2) is 55.1 Å². The zero-order valence-electron chi connectivity index (χ0n) is 13.3. The molecule has 0 nitrogen and oxygen atoms in total. The predicted molar refractivity (Wildman–Crippen MR) is 101 cm³/mol. The second kappa shape index (κ2) is 7.55. The molecule has 3 rings (SSSR count). The van der Waals surface area contributed by atoms with Gasteiger partial charge in [-0.1, -0.05) is 59.6 Å². The fourth-order valence-electron chi connectivity index (χ4n) is 3.51. The molecule has 1 aliphatic rings. The predicted octanol–water partition coefficient (Wildman–Crippen LogP) is 7.20. The van der Waals surface area contributed by atoms with Crippen LogP contribution in [-0.4, -0.2) is 0 Å². The van der Waals surface area contributed by atoms with Gasteiger partial charge in [-0.25, -0.2) is 0 Å². The molecule has 23 heavy (non-hydrogen) atoms. The van der Waals surface area contributed by atoms with Crippen molar-refractivity contribution in [2.45, 2.75) is 32.1 Å². The summed E-state index contributed by atoms with van der Waals surface area (Å²) in [5.74, 6) is 1.55. The minimum Gasteiger partial charge on any atom is -0.103 e. The van der Waals surface area contributed by atoms with E-state index in [1.54, 1.807) is 6.07 Å². The highest BCUT2D eigenvalue weighted by Crippen LogP contribution is 2.33. The number of hydrogen-bond acceptors (Lipinski definition) is 0. The highest BCUT2D eigenvalue weighted by atomic mass is 35.5. The van der Waals surface area contributed by atoms with E-state index in [2.05, 4.69) is 36.9 Å². The van der Waals surface area contributed by atoms with Gasteiger partial charge in [0.2, 0.25) is 0 Å². The largest absolute Gasteiger partial charge is 0.103 e. The van der Waals surface area contributed by atoms with Gasteiger partial charge in [-0.3, -0.25) is 0 Å². The molecule has 0 unspecified atom stereocenters. The lowest BCUT2D eigenvalue weighted by Crippen LogP contribution is -2.14. The molecule has 2 heteroatoms. The van der Waals surface area contributed by atoms with Crippen molar-refractivity contribution < 1.29 is 0 Å². The molecule has 0 radical (unpaired) electrons. The second-order valence-electron chi connectivity index (χ2n) is 6.54. The highest BCUT2D eigenvalue weighted by Gasteiger charge is 2.19. The van der Waals surface area contributed by atoms with Gasteiger partial charge in [-0.05, 0) is 67.2 Å². The topological polar surface area (TPSA) is 0 Å². The lowest BCUT2D eigenvalue weighted by atomic mass is 9.79. The standard InChI is InChI=1S/C21H22Cl2/c1-2-15-3-5-16(6-4-15)13-17-7-9-18(10-8-17)20-12-11-19(22)14-21(20)23/h2,7-12,14-16H,1,3-6,13H2. The van der Waals surface area contributed by atoms with Crippen LogP contribution in [-0.2, 0) is 6.42 Å². The van der Waals surface area contributed by atoms with Crippen molar-refractivity contribution in [1.82, 2.24) is 0 Å². The molecule has 0 amide bonds. The fourth-order valence-corrected chi connectivity index (χ4v) is 4.02. The lowest BCUT2D eigenvalue weighted by molar-refractivity contribution is 0.309. The van der Waals surface area contributed by atoms with Crippen molar-refractivity contribution in [2.75, 3.05) is 0 Å². The zero-order valence-corrected chi connectivity index (χ0v) is 14.8. The summed E-state index contributed by atoms with van der Waals surface area (Å²) in [5.41, 5.74) is 3.60. The van der Waals surface area contributed by atoms with E-state index in [9.17, 15) is 0 Å². The van der Waals surface area contributed by atoms with Crippen LogP contribution in [0.2, 0.25) is 10.0 Å². The van der Waals surface area contributed by atoms with Crippen molar-refractivity contribution in [1.29, 1.82) is 0 Å². The number of halogens is 2. The van der Waals surface area contributed by atoms with Gasteiger partial charge in [0.05, 0.1) is 0 Å². The van der Waals surface area contributed by atoms with Crippen molar-refractivity contribution >= 4 is 23.2 Å². The molecule has 0 aromatic heterocycles. The Bertz CT molecular complexity index is 665. The van der Waals surface area contributed by atoms with Gasteiger partial charge in [0.15, 0.2) is 0 Å². The molecule has 0 saturated heterocycles. The van der Waals surface area contributed by atoms with Gasteiger partial charge >= 0.3 is 0 Å². The lowest BCUT2D eigenvalue weighted by Gasteiger charge is -2.26. The molecule has 1 saturated carbocycles. The third-order valence-corrected chi connectivity index (χ3v) is 5.49. The Morgan fingerprint density at radius 3 is 2.26 bits per heavy atom. The van der Waals surface area contributed by atoms with Crippen LogP contribution in [0.4, 0.5) is 0 Å². The molecule has 0 bridgehead atoms. The van der Waals surface area contributed by atoms with Gasteiger partial charge in [-0.2, -0.15) is 0 Å². The summed E-state index contributed by atoms with van der Waals surface area (Å²) in [7, 11) is 0. The van der Waals surface area contributed by atoms with E-state index in [-0.39, 0.29) is 0 Å². The molecule has 2 aromatic carbocycles. The SMILES string of the molecule is C=CC1CCC(Cc2ccc(-c3ccc(Cl)cc3Cl)cc2)CC1. The number of hydrogen-bond donors (Lipinski definition) is 0. The van der Waals surface area contributed by atoms with E-state index < -0.39 is 0 Å². The Balaban J connectivity index is 1.66. The first-order valence-electron chi connectivity index (χ1n) is 8.32. The molecule has 0 aliphatic heterocycles. The van der Waals surface area contributed by atoms with Gasteiger partial charge in [-0.15, -0.1) is 6.58 Å². The summed E-state index contributed by atoms with van der Waals surface area (Å²) in [6, 6.07) is 14.5. The number of rotatable bonds is 4. The smallest absolute Gasteiger partial charge is 0.0499 e. The maximum atomic E-state index is 6.29.